The number of methoxy groups -OCH3 is 2. The van der Waals surface area contributed by atoms with E-state index in [1.54, 1.807) is 42.5 Å². The molecule has 0 aliphatic heterocycles. The van der Waals surface area contributed by atoms with E-state index in [2.05, 4.69) is 15.8 Å². The topological polar surface area (TPSA) is 113 Å². The highest BCUT2D eigenvalue weighted by Crippen LogP contribution is 2.27. The molecule has 0 bridgehead atoms. The van der Waals surface area contributed by atoms with Gasteiger partial charge in [-0.05, 0) is 18.2 Å². The summed E-state index contributed by atoms with van der Waals surface area (Å²) in [6.45, 7) is -0.301. The molecule has 2 N–H and O–H groups in total. The molecule has 2 rings (SSSR count). The van der Waals surface area contributed by atoms with E-state index in [9.17, 15) is 9.59 Å². The van der Waals surface area contributed by atoms with Crippen molar-refractivity contribution in [3.63, 3.8) is 0 Å². The number of carbonyl (C=O) groups excluding carboxylic acids is 2. The summed E-state index contributed by atoms with van der Waals surface area (Å²) in [7, 11) is 2.96. The monoisotopic (exact) mass is 366 g/mol. The fourth-order valence-corrected chi connectivity index (χ4v) is 2.15. The minimum atomic E-state index is -0.562. The fourth-order valence-electron chi connectivity index (χ4n) is 2.15. The minimum absolute atomic E-state index is 0.0650. The first-order valence-electron chi connectivity index (χ1n) is 7.91. The highest BCUT2D eigenvalue weighted by atomic mass is 16.5. The molecule has 0 atom stereocenters. The third kappa shape index (κ3) is 5.31. The number of nitrogens with one attached hydrogen (secondary N) is 2. The Morgan fingerprint density at radius 1 is 1.04 bits per heavy atom. The molecule has 0 unspecified atom stereocenters. The number of ether oxygens (including phenoxy) is 2. The molecule has 27 heavy (non-hydrogen) atoms. The van der Waals surface area contributed by atoms with Crippen LogP contribution in [-0.2, 0) is 4.79 Å². The Labute approximate surface area is 156 Å². The van der Waals surface area contributed by atoms with Gasteiger partial charge in [0.05, 0.1) is 20.8 Å². The number of nitriles is 1. The summed E-state index contributed by atoms with van der Waals surface area (Å²) in [5.41, 5.74) is 3.20. The summed E-state index contributed by atoms with van der Waals surface area (Å²) in [5.74, 6) is -0.127. The van der Waals surface area contributed by atoms with Crippen molar-refractivity contribution in [3.8, 4) is 17.6 Å². The largest absolute Gasteiger partial charge is 0.493 e. The molecule has 2 amide bonds. The predicted octanol–water partition coefficient (Wildman–Crippen LogP) is 1.48. The van der Waals surface area contributed by atoms with Gasteiger partial charge in [-0.1, -0.05) is 30.3 Å². The highest BCUT2D eigenvalue weighted by Gasteiger charge is 2.12. The molecule has 0 aliphatic rings. The van der Waals surface area contributed by atoms with Crippen LogP contribution < -0.4 is 20.2 Å². The molecule has 2 aromatic carbocycles. The van der Waals surface area contributed by atoms with E-state index in [4.69, 9.17) is 14.7 Å². The van der Waals surface area contributed by atoms with Crippen LogP contribution in [0.4, 0.5) is 0 Å². The van der Waals surface area contributed by atoms with Gasteiger partial charge in [-0.15, -0.1) is 0 Å². The number of amides is 2. The number of rotatable bonds is 7. The van der Waals surface area contributed by atoms with Crippen molar-refractivity contribution in [2.75, 3.05) is 20.8 Å². The average Bonchev–Trinajstić information content (AvgIpc) is 2.72. The van der Waals surface area contributed by atoms with Crippen molar-refractivity contribution < 1.29 is 19.1 Å². The van der Waals surface area contributed by atoms with E-state index in [1.807, 2.05) is 6.07 Å². The van der Waals surface area contributed by atoms with Crippen LogP contribution in [0.1, 0.15) is 15.9 Å². The second-order valence-electron chi connectivity index (χ2n) is 5.23. The summed E-state index contributed by atoms with van der Waals surface area (Å²) >= 11 is 0. The number of hydrogen-bond donors (Lipinski definition) is 2. The molecule has 2 aromatic rings. The standard InChI is InChI=1S/C19H18N4O4/c1-26-16-9-8-14(10-17(16)27-2)19(25)21-12-18(24)23-22-15(11-20)13-6-4-3-5-7-13/h3-10H,12H2,1-2H3,(H,21,25)(H,23,24). The second-order valence-corrected chi connectivity index (χ2v) is 5.23. The van der Waals surface area contributed by atoms with Gasteiger partial charge >= 0.3 is 0 Å². The van der Waals surface area contributed by atoms with Crippen molar-refractivity contribution in [3.05, 3.63) is 59.7 Å². The molecule has 0 radical (unpaired) electrons. The third-order valence-electron chi connectivity index (χ3n) is 3.50. The quantitative estimate of drug-likeness (QED) is 0.569. The molecular formula is C19H18N4O4. The van der Waals surface area contributed by atoms with Crippen LogP contribution in [0.3, 0.4) is 0 Å². The van der Waals surface area contributed by atoms with E-state index in [-0.39, 0.29) is 12.3 Å². The van der Waals surface area contributed by atoms with Gasteiger partial charge in [0.15, 0.2) is 17.2 Å². The molecule has 0 aliphatic carbocycles. The maximum atomic E-state index is 12.2. The van der Waals surface area contributed by atoms with Gasteiger partial charge in [0, 0.05) is 11.1 Å². The molecule has 0 heterocycles. The molecule has 0 saturated heterocycles. The minimum Gasteiger partial charge on any atom is -0.493 e. The fraction of sp³-hybridized carbons (Fsp3) is 0.158. The van der Waals surface area contributed by atoms with Gasteiger partial charge in [0.25, 0.3) is 11.8 Å². The van der Waals surface area contributed by atoms with Gasteiger partial charge in [-0.25, -0.2) is 5.43 Å². The van der Waals surface area contributed by atoms with Crippen molar-refractivity contribution in [2.45, 2.75) is 0 Å². The van der Waals surface area contributed by atoms with E-state index in [0.29, 0.717) is 22.6 Å². The van der Waals surface area contributed by atoms with Crippen LogP contribution in [0.5, 0.6) is 11.5 Å². The Morgan fingerprint density at radius 3 is 2.37 bits per heavy atom. The van der Waals surface area contributed by atoms with Gasteiger partial charge in [-0.3, -0.25) is 9.59 Å². The van der Waals surface area contributed by atoms with Gasteiger partial charge in [-0.2, -0.15) is 10.4 Å². The lowest BCUT2D eigenvalue weighted by atomic mass is 10.1. The van der Waals surface area contributed by atoms with Crippen LogP contribution in [0.15, 0.2) is 53.6 Å². The zero-order valence-electron chi connectivity index (χ0n) is 14.9. The van der Waals surface area contributed by atoms with Crippen molar-refractivity contribution in [2.24, 2.45) is 5.10 Å². The van der Waals surface area contributed by atoms with E-state index in [1.165, 1.54) is 20.3 Å². The first-order valence-corrected chi connectivity index (χ1v) is 7.91. The Kier molecular flexibility index (Phi) is 6.91. The van der Waals surface area contributed by atoms with Crippen LogP contribution in [0, 0.1) is 11.3 Å². The van der Waals surface area contributed by atoms with E-state index < -0.39 is 11.8 Å². The van der Waals surface area contributed by atoms with Crippen molar-refractivity contribution >= 4 is 17.5 Å². The Morgan fingerprint density at radius 2 is 1.74 bits per heavy atom. The lowest BCUT2D eigenvalue weighted by molar-refractivity contribution is -0.120. The third-order valence-corrected chi connectivity index (χ3v) is 3.50. The molecular weight excluding hydrogens is 348 g/mol. The maximum Gasteiger partial charge on any atom is 0.259 e. The van der Waals surface area contributed by atoms with Crippen LogP contribution >= 0.6 is 0 Å². The summed E-state index contributed by atoms with van der Waals surface area (Å²) in [5, 5.41) is 15.4. The normalized spacial score (nSPS) is 10.5. The summed E-state index contributed by atoms with van der Waals surface area (Å²) in [6, 6.07) is 15.3. The smallest absolute Gasteiger partial charge is 0.259 e. The van der Waals surface area contributed by atoms with Crippen molar-refractivity contribution in [1.82, 2.24) is 10.7 Å². The lowest BCUT2D eigenvalue weighted by Gasteiger charge is -2.09. The number of hydrogen-bond acceptors (Lipinski definition) is 6. The SMILES string of the molecule is COc1ccc(C(=O)NCC(=O)NN=C(C#N)c2ccccc2)cc1OC. The second kappa shape index (κ2) is 9.58. The predicted molar refractivity (Wildman–Crippen MR) is 98.6 cm³/mol. The summed E-state index contributed by atoms with van der Waals surface area (Å²) < 4.78 is 10.2. The number of carbonyl (C=O) groups is 2. The highest BCUT2D eigenvalue weighted by molar-refractivity contribution is 6.11. The van der Waals surface area contributed by atoms with Crippen molar-refractivity contribution in [1.29, 1.82) is 5.26 Å². The molecule has 138 valence electrons. The zero-order chi connectivity index (χ0) is 19.6. The molecule has 0 aromatic heterocycles. The first kappa shape index (κ1) is 19.5. The van der Waals surface area contributed by atoms with Gasteiger partial charge in [0.1, 0.15) is 6.07 Å². The number of hydrazone groups is 1. The summed E-state index contributed by atoms with van der Waals surface area (Å²) in [6.07, 6.45) is 0. The maximum absolute atomic E-state index is 12.2. The average molecular weight is 366 g/mol. The molecule has 0 fully saturated rings. The first-order chi connectivity index (χ1) is 13.1. The molecule has 0 spiro atoms. The Hall–Kier alpha value is -3.86. The van der Waals surface area contributed by atoms with Crippen LogP contribution in [0.25, 0.3) is 0 Å². The number of nitrogens with zero attached hydrogens (tertiary/aromatic N) is 2. The van der Waals surface area contributed by atoms with E-state index in [0.717, 1.165) is 0 Å². The zero-order valence-corrected chi connectivity index (χ0v) is 14.9. The number of benzene rings is 2. The van der Waals surface area contributed by atoms with Crippen LogP contribution in [0.2, 0.25) is 0 Å². The lowest BCUT2D eigenvalue weighted by Crippen LogP contribution is -2.35. The van der Waals surface area contributed by atoms with Gasteiger partial charge < -0.3 is 14.8 Å². The molecule has 8 heteroatoms. The molecule has 0 saturated carbocycles. The Balaban J connectivity index is 1.94. The van der Waals surface area contributed by atoms with Gasteiger partial charge in [0.2, 0.25) is 0 Å². The van der Waals surface area contributed by atoms with E-state index >= 15 is 0 Å². The molecule has 8 nitrogen and oxygen atoms in total. The van der Waals surface area contributed by atoms with Crippen LogP contribution in [-0.4, -0.2) is 38.3 Å². The Bertz CT molecular complexity index is 888. The summed E-state index contributed by atoms with van der Waals surface area (Å²) in [4.78, 5) is 24.0.